The predicted octanol–water partition coefficient (Wildman–Crippen LogP) is 2.74. The van der Waals surface area contributed by atoms with E-state index in [1.54, 1.807) is 12.1 Å². The van der Waals surface area contributed by atoms with E-state index in [2.05, 4.69) is 15.9 Å². The smallest absolute Gasteiger partial charge is 0.307 e. The molecule has 0 aromatic heterocycles. The average Bonchev–Trinajstić information content (AvgIpc) is 2.01. The Bertz CT molecular complexity index is 342. The van der Waals surface area contributed by atoms with Crippen LogP contribution >= 0.6 is 27.5 Å². The molecule has 1 rings (SSSR count). The van der Waals surface area contributed by atoms with Gasteiger partial charge in [0.2, 0.25) is 0 Å². The maximum absolute atomic E-state index is 10.5. The van der Waals surface area contributed by atoms with Crippen molar-refractivity contribution in [1.29, 1.82) is 0 Å². The van der Waals surface area contributed by atoms with Gasteiger partial charge in [0.05, 0.1) is 23.0 Å². The van der Waals surface area contributed by atoms with E-state index < -0.39 is 5.97 Å². The summed E-state index contributed by atoms with van der Waals surface area (Å²) >= 11 is 9.12. The van der Waals surface area contributed by atoms with Crippen molar-refractivity contribution in [2.45, 2.75) is 6.42 Å². The van der Waals surface area contributed by atoms with E-state index in [1.807, 2.05) is 0 Å². The van der Waals surface area contributed by atoms with Gasteiger partial charge in [0.15, 0.2) is 5.75 Å². The molecule has 0 aliphatic heterocycles. The third kappa shape index (κ3) is 2.62. The van der Waals surface area contributed by atoms with Crippen LogP contribution in [0, 0.1) is 0 Å². The largest absolute Gasteiger partial charge is 0.494 e. The molecule has 5 heteroatoms. The van der Waals surface area contributed by atoms with Crippen LogP contribution in [0.1, 0.15) is 5.56 Å². The van der Waals surface area contributed by atoms with E-state index in [4.69, 9.17) is 21.4 Å². The number of ether oxygens (including phenoxy) is 1. The quantitative estimate of drug-likeness (QED) is 0.925. The molecule has 0 radical (unpaired) electrons. The van der Waals surface area contributed by atoms with Crippen molar-refractivity contribution in [1.82, 2.24) is 0 Å². The normalized spacial score (nSPS) is 9.93. The summed E-state index contributed by atoms with van der Waals surface area (Å²) in [7, 11) is 1.50. The molecule has 0 saturated carbocycles. The van der Waals surface area contributed by atoms with E-state index in [0.717, 1.165) is 0 Å². The first-order valence-electron chi connectivity index (χ1n) is 3.78. The van der Waals surface area contributed by atoms with Crippen molar-refractivity contribution >= 4 is 33.5 Å². The Morgan fingerprint density at radius 3 is 2.71 bits per heavy atom. The summed E-state index contributed by atoms with van der Waals surface area (Å²) in [6.45, 7) is 0. The fourth-order valence-electron chi connectivity index (χ4n) is 1.08. The maximum Gasteiger partial charge on any atom is 0.307 e. The molecule has 0 unspecified atom stereocenters. The van der Waals surface area contributed by atoms with Crippen molar-refractivity contribution in [3.63, 3.8) is 0 Å². The molecule has 14 heavy (non-hydrogen) atoms. The van der Waals surface area contributed by atoms with Gasteiger partial charge in [-0.15, -0.1) is 0 Å². The van der Waals surface area contributed by atoms with Crippen LogP contribution in [-0.4, -0.2) is 18.2 Å². The predicted molar refractivity (Wildman–Crippen MR) is 57.0 cm³/mol. The summed E-state index contributed by atoms with van der Waals surface area (Å²) < 4.78 is 5.67. The van der Waals surface area contributed by atoms with Gasteiger partial charge < -0.3 is 9.84 Å². The number of benzene rings is 1. The number of methoxy groups -OCH3 is 1. The van der Waals surface area contributed by atoms with Crippen molar-refractivity contribution < 1.29 is 14.6 Å². The van der Waals surface area contributed by atoms with Crippen LogP contribution in [0.4, 0.5) is 0 Å². The molecular weight excluding hydrogens is 271 g/mol. The molecule has 0 spiro atoms. The van der Waals surface area contributed by atoms with Gasteiger partial charge in [-0.2, -0.15) is 0 Å². The van der Waals surface area contributed by atoms with Crippen LogP contribution in [-0.2, 0) is 11.2 Å². The second kappa shape index (κ2) is 4.66. The first-order valence-corrected chi connectivity index (χ1v) is 4.95. The molecular formula is C9H8BrClO3. The number of carbonyl (C=O) groups is 1. The molecule has 0 heterocycles. The van der Waals surface area contributed by atoms with E-state index in [1.165, 1.54) is 7.11 Å². The Labute approximate surface area is 94.8 Å². The third-order valence-corrected chi connectivity index (χ3v) is 2.49. The number of hydrogen-bond donors (Lipinski definition) is 1. The average molecular weight is 280 g/mol. The zero-order valence-corrected chi connectivity index (χ0v) is 9.72. The minimum absolute atomic E-state index is 0.0533. The summed E-state index contributed by atoms with van der Waals surface area (Å²) in [5.41, 5.74) is 0.634. The maximum atomic E-state index is 10.5. The van der Waals surface area contributed by atoms with Crippen LogP contribution in [0.5, 0.6) is 5.75 Å². The molecule has 0 saturated heterocycles. The van der Waals surface area contributed by atoms with Crippen LogP contribution < -0.4 is 4.74 Å². The molecule has 3 nitrogen and oxygen atoms in total. The second-order valence-electron chi connectivity index (χ2n) is 2.66. The van der Waals surface area contributed by atoms with Crippen LogP contribution in [0.15, 0.2) is 16.6 Å². The lowest BCUT2D eigenvalue weighted by Crippen LogP contribution is -2.00. The molecule has 0 bridgehead atoms. The van der Waals surface area contributed by atoms with E-state index in [-0.39, 0.29) is 6.42 Å². The summed E-state index contributed by atoms with van der Waals surface area (Å²) in [5.74, 6) is -0.376. The highest BCUT2D eigenvalue weighted by Crippen LogP contribution is 2.34. The molecule has 0 aliphatic rings. The van der Waals surface area contributed by atoms with Crippen molar-refractivity contribution in [3.05, 3.63) is 27.2 Å². The summed E-state index contributed by atoms with van der Waals surface area (Å²) in [4.78, 5) is 10.5. The van der Waals surface area contributed by atoms with E-state index in [9.17, 15) is 4.79 Å². The van der Waals surface area contributed by atoms with Crippen LogP contribution in [0.25, 0.3) is 0 Å². The van der Waals surface area contributed by atoms with E-state index >= 15 is 0 Å². The number of rotatable bonds is 3. The molecule has 0 aliphatic carbocycles. The zero-order chi connectivity index (χ0) is 10.7. The highest BCUT2D eigenvalue weighted by Gasteiger charge is 2.09. The Hall–Kier alpha value is -0.740. The Morgan fingerprint density at radius 2 is 2.29 bits per heavy atom. The lowest BCUT2D eigenvalue weighted by atomic mass is 10.1. The minimum atomic E-state index is -0.891. The molecule has 0 fully saturated rings. The Balaban J connectivity index is 3.07. The Kier molecular flexibility index (Phi) is 3.77. The summed E-state index contributed by atoms with van der Waals surface area (Å²) in [5, 5.41) is 8.99. The van der Waals surface area contributed by atoms with Crippen molar-refractivity contribution in [3.8, 4) is 5.75 Å². The van der Waals surface area contributed by atoms with Crippen molar-refractivity contribution in [2.24, 2.45) is 0 Å². The lowest BCUT2D eigenvalue weighted by Gasteiger charge is -2.07. The fraction of sp³-hybridized carbons (Fsp3) is 0.222. The minimum Gasteiger partial charge on any atom is -0.494 e. The molecule has 0 atom stereocenters. The zero-order valence-electron chi connectivity index (χ0n) is 7.38. The Morgan fingerprint density at radius 1 is 1.64 bits per heavy atom. The van der Waals surface area contributed by atoms with E-state index in [0.29, 0.717) is 20.8 Å². The summed E-state index contributed by atoms with van der Waals surface area (Å²) in [6, 6.07) is 3.26. The molecule has 76 valence electrons. The first-order chi connectivity index (χ1) is 6.54. The third-order valence-electron chi connectivity index (χ3n) is 1.62. The molecule has 1 N–H and O–H groups in total. The highest BCUT2D eigenvalue weighted by atomic mass is 79.9. The van der Waals surface area contributed by atoms with Gasteiger partial charge >= 0.3 is 5.97 Å². The van der Waals surface area contributed by atoms with Crippen LogP contribution in [0.3, 0.4) is 0 Å². The van der Waals surface area contributed by atoms with Gasteiger partial charge in [0.25, 0.3) is 0 Å². The molecule has 0 amide bonds. The standard InChI is InChI=1S/C9H8BrClO3/c1-14-9-6(10)2-5(3-7(9)11)4-8(12)13/h2-3H,4H2,1H3,(H,12,13). The second-order valence-corrected chi connectivity index (χ2v) is 3.92. The van der Waals surface area contributed by atoms with Gasteiger partial charge in [-0.05, 0) is 33.6 Å². The number of aliphatic carboxylic acids is 1. The van der Waals surface area contributed by atoms with Gasteiger partial charge in [0, 0.05) is 0 Å². The van der Waals surface area contributed by atoms with Gasteiger partial charge in [-0.3, -0.25) is 4.79 Å². The topological polar surface area (TPSA) is 46.5 Å². The van der Waals surface area contributed by atoms with Crippen molar-refractivity contribution in [2.75, 3.05) is 7.11 Å². The fourth-order valence-corrected chi connectivity index (χ4v) is 2.19. The number of carboxylic acid groups (broad SMARTS) is 1. The monoisotopic (exact) mass is 278 g/mol. The first kappa shape index (κ1) is 11.3. The highest BCUT2D eigenvalue weighted by molar-refractivity contribution is 9.10. The molecule has 1 aromatic carbocycles. The molecule has 1 aromatic rings. The summed E-state index contributed by atoms with van der Waals surface area (Å²) in [6.07, 6.45) is -0.0533. The van der Waals surface area contributed by atoms with Gasteiger partial charge in [0.1, 0.15) is 0 Å². The number of carboxylic acids is 1. The van der Waals surface area contributed by atoms with Gasteiger partial charge in [-0.1, -0.05) is 11.6 Å². The van der Waals surface area contributed by atoms with Gasteiger partial charge in [-0.25, -0.2) is 0 Å². The SMILES string of the molecule is COc1c(Cl)cc(CC(=O)O)cc1Br. The number of hydrogen-bond acceptors (Lipinski definition) is 2. The van der Waals surface area contributed by atoms with Crippen LogP contribution in [0.2, 0.25) is 5.02 Å². The lowest BCUT2D eigenvalue weighted by molar-refractivity contribution is -0.136. The number of halogens is 2.